The van der Waals surface area contributed by atoms with Crippen LogP contribution in [0.15, 0.2) is 10.9 Å². The number of carbonyl (C=O) groups is 3. The van der Waals surface area contributed by atoms with Crippen molar-refractivity contribution in [1.82, 2.24) is 24.4 Å². The highest BCUT2D eigenvalue weighted by Crippen LogP contribution is 2.28. The average molecular weight is 489 g/mol. The second-order valence-corrected chi connectivity index (χ2v) is 8.95. The van der Waals surface area contributed by atoms with Crippen LogP contribution in [0.2, 0.25) is 0 Å². The molecular weight excluding hydrogens is 460 g/mol. The summed E-state index contributed by atoms with van der Waals surface area (Å²) < 4.78 is 7.48. The van der Waals surface area contributed by atoms with Gasteiger partial charge in [-0.25, -0.2) is 4.79 Å². The van der Waals surface area contributed by atoms with Gasteiger partial charge in [0.15, 0.2) is 17.0 Å². The van der Waals surface area contributed by atoms with Gasteiger partial charge in [-0.2, -0.15) is 4.52 Å². The Kier molecular flexibility index (Phi) is 6.78. The monoisotopic (exact) mass is 488 g/mol. The predicted molar refractivity (Wildman–Crippen MR) is 125 cm³/mol. The number of hydrogen-bond acceptors (Lipinski definition) is 7. The van der Waals surface area contributed by atoms with Crippen molar-refractivity contribution in [3.63, 3.8) is 0 Å². The van der Waals surface area contributed by atoms with E-state index >= 15 is 0 Å². The van der Waals surface area contributed by atoms with Crippen LogP contribution in [-0.2, 0) is 16.1 Å². The van der Waals surface area contributed by atoms with Gasteiger partial charge in [-0.05, 0) is 24.8 Å². The van der Waals surface area contributed by atoms with E-state index in [1.165, 1.54) is 16.7 Å². The fourth-order valence-electron chi connectivity index (χ4n) is 3.87. The van der Waals surface area contributed by atoms with Crippen LogP contribution < -0.4 is 16.2 Å². The number of hydrogen-bond donors (Lipinski definition) is 4. The topological polar surface area (TPSA) is 167 Å². The first-order valence-electron chi connectivity index (χ1n) is 11.4. The lowest BCUT2D eigenvalue weighted by molar-refractivity contribution is -0.129. The van der Waals surface area contributed by atoms with Gasteiger partial charge in [-0.15, -0.1) is 5.10 Å². The predicted octanol–water partition coefficient (Wildman–Crippen LogP) is 0.712. The van der Waals surface area contributed by atoms with Crippen molar-refractivity contribution in [2.75, 3.05) is 31.6 Å². The number of carbonyl (C=O) groups excluding carboxylic acids is 2. The molecule has 1 aliphatic heterocycles. The van der Waals surface area contributed by atoms with Gasteiger partial charge in [-0.1, -0.05) is 13.8 Å². The number of aromatic nitrogens is 3. The van der Waals surface area contributed by atoms with E-state index in [2.05, 4.69) is 15.7 Å². The maximum Gasteiger partial charge on any atom is 0.410 e. The first-order valence-corrected chi connectivity index (χ1v) is 11.4. The zero-order valence-corrected chi connectivity index (χ0v) is 19.5. The Morgan fingerprint density at radius 3 is 2.51 bits per heavy atom. The third-order valence-corrected chi connectivity index (χ3v) is 5.66. The zero-order chi connectivity index (χ0) is 25.3. The van der Waals surface area contributed by atoms with E-state index in [0.29, 0.717) is 26.3 Å². The highest BCUT2D eigenvalue weighted by Gasteiger charge is 2.31. The molecular formula is C22H28N6O7. The van der Waals surface area contributed by atoms with E-state index in [4.69, 9.17) is 4.74 Å². The van der Waals surface area contributed by atoms with Crippen LogP contribution in [0.3, 0.4) is 0 Å². The van der Waals surface area contributed by atoms with Gasteiger partial charge in [0.05, 0.1) is 18.8 Å². The molecule has 0 unspecified atom stereocenters. The SMILES string of the molecule is CC(C)Cn1c(=O)c(C(=O)NC2CC2)c(O)n2nc(NC(=O)O)c(/C=C/C(=O)N3CCOCC3)c12. The molecule has 2 aliphatic rings. The van der Waals surface area contributed by atoms with Gasteiger partial charge in [0.1, 0.15) is 0 Å². The number of anilines is 1. The maximum absolute atomic E-state index is 13.4. The van der Waals surface area contributed by atoms with Crippen LogP contribution >= 0.6 is 0 Å². The van der Waals surface area contributed by atoms with Crippen LogP contribution in [0.1, 0.15) is 42.6 Å². The molecule has 2 aromatic heterocycles. The van der Waals surface area contributed by atoms with Crippen LogP contribution in [0, 0.1) is 5.92 Å². The van der Waals surface area contributed by atoms with Crippen molar-refractivity contribution in [3.8, 4) is 5.88 Å². The molecule has 4 rings (SSSR count). The molecule has 1 aliphatic carbocycles. The molecule has 188 valence electrons. The Morgan fingerprint density at radius 2 is 1.91 bits per heavy atom. The van der Waals surface area contributed by atoms with Crippen LogP contribution in [0.25, 0.3) is 11.7 Å². The fourth-order valence-corrected chi connectivity index (χ4v) is 3.87. The summed E-state index contributed by atoms with van der Waals surface area (Å²) in [4.78, 5) is 51.8. The molecule has 3 heterocycles. The molecule has 13 nitrogen and oxygen atoms in total. The average Bonchev–Trinajstić information content (AvgIpc) is 3.54. The Bertz CT molecular complexity index is 1250. The zero-order valence-electron chi connectivity index (χ0n) is 19.5. The van der Waals surface area contributed by atoms with Crippen molar-refractivity contribution in [2.45, 2.75) is 39.3 Å². The molecule has 0 atom stereocenters. The van der Waals surface area contributed by atoms with Crippen LogP contribution in [0.4, 0.5) is 10.6 Å². The number of fused-ring (bicyclic) bond motifs is 1. The lowest BCUT2D eigenvalue weighted by atomic mass is 10.2. The van der Waals surface area contributed by atoms with Crippen molar-refractivity contribution in [2.24, 2.45) is 5.92 Å². The second kappa shape index (κ2) is 9.78. The summed E-state index contributed by atoms with van der Waals surface area (Å²) in [7, 11) is 0. The first kappa shape index (κ1) is 24.3. The minimum Gasteiger partial charge on any atom is -0.492 e. The molecule has 2 fully saturated rings. The van der Waals surface area contributed by atoms with Crippen LogP contribution in [-0.4, -0.2) is 79.5 Å². The minimum atomic E-state index is -1.42. The van der Waals surface area contributed by atoms with Crippen molar-refractivity contribution < 1.29 is 29.3 Å². The minimum absolute atomic E-state index is 0.0435. The summed E-state index contributed by atoms with van der Waals surface area (Å²) in [6.45, 7) is 5.54. The van der Waals surface area contributed by atoms with Crippen molar-refractivity contribution in [3.05, 3.63) is 27.6 Å². The Labute approximate surface area is 200 Å². The van der Waals surface area contributed by atoms with E-state index in [1.807, 2.05) is 13.8 Å². The van der Waals surface area contributed by atoms with Gasteiger partial charge in [0.2, 0.25) is 11.8 Å². The molecule has 0 radical (unpaired) electrons. The molecule has 0 spiro atoms. The number of carboxylic acid groups (broad SMARTS) is 1. The van der Waals surface area contributed by atoms with Crippen molar-refractivity contribution in [1.29, 1.82) is 0 Å². The highest BCUT2D eigenvalue weighted by atomic mass is 16.5. The van der Waals surface area contributed by atoms with Gasteiger partial charge < -0.3 is 25.2 Å². The Hall–Kier alpha value is -3.87. The molecule has 2 aromatic rings. The van der Waals surface area contributed by atoms with Gasteiger partial charge in [0, 0.05) is 31.8 Å². The van der Waals surface area contributed by atoms with Gasteiger partial charge in [-0.3, -0.25) is 24.3 Å². The summed E-state index contributed by atoms with van der Waals surface area (Å²) in [5.41, 5.74) is -1.05. The van der Waals surface area contributed by atoms with E-state index in [1.54, 1.807) is 4.90 Å². The standard InChI is InChI=1S/C22H28N6O7/c1-12(2)11-27-19-14(5-6-15(29)26-7-9-35-10-8-26)17(24-22(33)34)25-28(19)21(32)16(20(27)31)18(30)23-13-3-4-13/h5-6,12-13,32H,3-4,7-11H2,1-2H3,(H,23,30)(H,24,25)(H,33,34)/b6-5+. The Morgan fingerprint density at radius 1 is 1.23 bits per heavy atom. The Balaban J connectivity index is 1.88. The summed E-state index contributed by atoms with van der Waals surface area (Å²) in [5.74, 6) is -2.00. The maximum atomic E-state index is 13.4. The number of amides is 3. The quantitative estimate of drug-likeness (QED) is 0.413. The van der Waals surface area contributed by atoms with E-state index in [-0.39, 0.29) is 41.4 Å². The van der Waals surface area contributed by atoms with E-state index in [0.717, 1.165) is 17.4 Å². The smallest absolute Gasteiger partial charge is 0.410 e. The number of nitrogens with one attached hydrogen (secondary N) is 2. The normalized spacial score (nSPS) is 16.3. The number of rotatable bonds is 7. The van der Waals surface area contributed by atoms with Gasteiger partial charge >= 0.3 is 6.09 Å². The number of morpholine rings is 1. The van der Waals surface area contributed by atoms with Crippen LogP contribution in [0.5, 0.6) is 5.88 Å². The molecule has 35 heavy (non-hydrogen) atoms. The lowest BCUT2D eigenvalue weighted by Crippen LogP contribution is -2.39. The number of ether oxygens (including phenoxy) is 1. The molecule has 13 heteroatoms. The molecule has 0 bridgehead atoms. The first-order chi connectivity index (χ1) is 16.7. The highest BCUT2D eigenvalue weighted by molar-refractivity contribution is 5.98. The van der Waals surface area contributed by atoms with E-state index in [9.17, 15) is 29.4 Å². The fraction of sp³-hybridized carbons (Fsp3) is 0.500. The third kappa shape index (κ3) is 5.14. The lowest BCUT2D eigenvalue weighted by Gasteiger charge is -2.25. The molecule has 1 saturated carbocycles. The third-order valence-electron chi connectivity index (χ3n) is 5.66. The summed E-state index contributed by atoms with van der Waals surface area (Å²) >= 11 is 0. The molecule has 3 amide bonds. The summed E-state index contributed by atoms with van der Waals surface area (Å²) in [5, 5.41) is 29.2. The largest absolute Gasteiger partial charge is 0.492 e. The number of aromatic hydroxyl groups is 1. The van der Waals surface area contributed by atoms with Gasteiger partial charge in [0.25, 0.3) is 11.5 Å². The van der Waals surface area contributed by atoms with Crippen molar-refractivity contribution >= 4 is 35.4 Å². The number of nitrogens with zero attached hydrogens (tertiary/aromatic N) is 4. The molecule has 0 aromatic carbocycles. The molecule has 4 N–H and O–H groups in total. The summed E-state index contributed by atoms with van der Waals surface area (Å²) in [6.07, 6.45) is 2.76. The summed E-state index contributed by atoms with van der Waals surface area (Å²) in [6, 6.07) is -0.0536. The van der Waals surface area contributed by atoms with E-state index < -0.39 is 29.0 Å². The second-order valence-electron chi connectivity index (χ2n) is 8.95. The molecule has 1 saturated heterocycles.